The van der Waals surface area contributed by atoms with Crippen molar-refractivity contribution < 1.29 is 52.4 Å². The number of nitrogens with zero attached hydrogens (tertiary/aromatic N) is 4. The second kappa shape index (κ2) is 21.5. The van der Waals surface area contributed by atoms with Gasteiger partial charge in [-0.25, -0.2) is 4.58 Å². The summed E-state index contributed by atoms with van der Waals surface area (Å²) in [5.74, 6) is -1.27. The lowest BCUT2D eigenvalue weighted by atomic mass is 9.86. The number of carbonyl (C=O) groups is 4. The van der Waals surface area contributed by atoms with E-state index < -0.39 is 23.9 Å². The van der Waals surface area contributed by atoms with E-state index in [4.69, 9.17) is 28.1 Å². The van der Waals surface area contributed by atoms with Crippen LogP contribution in [-0.2, 0) is 35.1 Å². The Morgan fingerprint density at radius 2 is 1.42 bits per heavy atom. The molecule has 4 aromatic carbocycles. The largest absolute Gasteiger partial charge is 0.545 e. The first-order valence-electron chi connectivity index (χ1n) is 23.1. The Balaban J connectivity index is 1.07. The third-order valence-electron chi connectivity index (χ3n) is 12.6. The van der Waals surface area contributed by atoms with E-state index in [9.17, 15) is 24.3 Å². The number of benzene rings is 5. The molecule has 2 fully saturated rings. The molecule has 0 spiro atoms. The molecule has 8 rings (SSSR count). The first kappa shape index (κ1) is 47.7. The van der Waals surface area contributed by atoms with Crippen molar-refractivity contribution in [2.75, 3.05) is 107 Å². The summed E-state index contributed by atoms with van der Waals surface area (Å²) in [6.45, 7) is 8.17. The van der Waals surface area contributed by atoms with Gasteiger partial charge < -0.3 is 58.0 Å². The number of anilines is 4. The van der Waals surface area contributed by atoms with Crippen LogP contribution in [0.25, 0.3) is 33.4 Å². The SMILES string of the molecule is CCN(CC(=O)OC)c1ccc(NCc2cc(C)c(-c3c4ccc(=[N+]5CCC5)cc-4oc4cc(N5CCC5)ccc34)c(C(=O)[O-])c2)cc1OCCOc1ccccc1N(CC(=O)OC)CC(=O)OC. The molecule has 0 saturated carbocycles. The number of methoxy groups -OCH3 is 3. The van der Waals surface area contributed by atoms with Crippen LogP contribution in [0.2, 0.25) is 0 Å². The van der Waals surface area contributed by atoms with Crippen molar-refractivity contribution in [2.45, 2.75) is 33.2 Å². The Bertz CT molecular complexity index is 2900. The molecule has 2 saturated heterocycles. The summed E-state index contributed by atoms with van der Waals surface area (Å²) in [4.78, 5) is 55.8. The van der Waals surface area contributed by atoms with E-state index in [0.29, 0.717) is 52.0 Å². The number of carboxylic acid groups (broad SMARTS) is 1. The summed E-state index contributed by atoms with van der Waals surface area (Å²) >= 11 is 0. The highest BCUT2D eigenvalue weighted by molar-refractivity contribution is 6.08. The van der Waals surface area contributed by atoms with Crippen LogP contribution in [0.3, 0.4) is 0 Å². The monoisotopic (exact) mass is 939 g/mol. The number of likely N-dealkylation sites (N-methyl/N-ethyl adjacent to an activating group) is 1. The summed E-state index contributed by atoms with van der Waals surface area (Å²) in [5, 5.41) is 18.5. The average Bonchev–Trinajstić information content (AvgIpc) is 3.31. The van der Waals surface area contributed by atoms with Gasteiger partial charge in [-0.15, -0.1) is 0 Å². The number of aromatic carboxylic acids is 1. The van der Waals surface area contributed by atoms with Crippen molar-refractivity contribution in [3.8, 4) is 33.9 Å². The maximum Gasteiger partial charge on any atom is 0.325 e. The van der Waals surface area contributed by atoms with Gasteiger partial charge in [0.15, 0.2) is 0 Å². The Morgan fingerprint density at radius 3 is 2.06 bits per heavy atom. The number of hydrogen-bond acceptors (Lipinski definition) is 15. The van der Waals surface area contributed by atoms with Crippen LogP contribution in [0.1, 0.15) is 41.3 Å². The lowest BCUT2D eigenvalue weighted by Crippen LogP contribution is -2.40. The number of nitrogens with one attached hydrogen (secondary N) is 1. The average molecular weight is 940 g/mol. The summed E-state index contributed by atoms with van der Waals surface area (Å²) in [6.07, 6.45) is 2.27. The van der Waals surface area contributed by atoms with Crippen molar-refractivity contribution in [3.63, 3.8) is 0 Å². The molecule has 3 heterocycles. The summed E-state index contributed by atoms with van der Waals surface area (Å²) in [5.41, 5.74) is 7.27. The predicted molar refractivity (Wildman–Crippen MR) is 261 cm³/mol. The highest BCUT2D eigenvalue weighted by Crippen LogP contribution is 2.44. The van der Waals surface area contributed by atoms with Crippen molar-refractivity contribution in [2.24, 2.45) is 0 Å². The van der Waals surface area contributed by atoms with E-state index >= 15 is 0 Å². The fourth-order valence-electron chi connectivity index (χ4n) is 8.74. The van der Waals surface area contributed by atoms with Crippen molar-refractivity contribution >= 4 is 57.6 Å². The van der Waals surface area contributed by atoms with Gasteiger partial charge in [0, 0.05) is 77.8 Å². The molecule has 4 aliphatic rings. The minimum Gasteiger partial charge on any atom is -0.545 e. The summed E-state index contributed by atoms with van der Waals surface area (Å²) in [7, 11) is 3.87. The van der Waals surface area contributed by atoms with E-state index in [0.717, 1.165) is 77.7 Å². The molecule has 0 radical (unpaired) electrons. The molecule has 0 bridgehead atoms. The van der Waals surface area contributed by atoms with E-state index in [2.05, 4.69) is 39.1 Å². The number of carbonyl (C=O) groups excluding carboxylic acids is 4. The number of carboxylic acids is 1. The van der Waals surface area contributed by atoms with E-state index in [-0.39, 0.29) is 45.0 Å². The Kier molecular flexibility index (Phi) is 14.9. The van der Waals surface area contributed by atoms with Gasteiger partial charge in [-0.1, -0.05) is 18.2 Å². The molecule has 0 amide bonds. The van der Waals surface area contributed by atoms with Crippen LogP contribution in [0.5, 0.6) is 11.5 Å². The van der Waals surface area contributed by atoms with Gasteiger partial charge in [0.1, 0.15) is 68.8 Å². The molecule has 360 valence electrons. The maximum atomic E-state index is 13.2. The Hall–Kier alpha value is -7.75. The molecule has 3 aliphatic heterocycles. The number of hydrogen-bond donors (Lipinski definition) is 1. The molecule has 16 nitrogen and oxygen atoms in total. The lowest BCUT2D eigenvalue weighted by molar-refractivity contribution is -0.255. The summed E-state index contributed by atoms with van der Waals surface area (Å²) in [6, 6.07) is 28.5. The van der Waals surface area contributed by atoms with Crippen molar-refractivity contribution in [3.05, 3.63) is 113 Å². The van der Waals surface area contributed by atoms with Crippen molar-refractivity contribution in [1.29, 1.82) is 0 Å². The molecule has 4 aromatic rings. The van der Waals surface area contributed by atoms with Crippen LogP contribution in [0.4, 0.5) is 22.7 Å². The molecule has 16 heteroatoms. The molecular weight excluding hydrogens is 883 g/mol. The van der Waals surface area contributed by atoms with E-state index in [1.54, 1.807) is 30.3 Å². The van der Waals surface area contributed by atoms with Gasteiger partial charge >= 0.3 is 17.9 Å². The van der Waals surface area contributed by atoms with Gasteiger partial charge in [-0.05, 0) is 85.5 Å². The lowest BCUT2D eigenvalue weighted by Gasteiger charge is -2.33. The van der Waals surface area contributed by atoms with Gasteiger partial charge in [0.05, 0.1) is 51.2 Å². The van der Waals surface area contributed by atoms with Gasteiger partial charge in [0.25, 0.3) is 0 Å². The third-order valence-corrected chi connectivity index (χ3v) is 12.6. The van der Waals surface area contributed by atoms with Crippen LogP contribution >= 0.6 is 0 Å². The topological polar surface area (TPSA) is 175 Å². The fraction of sp³-hybridized carbons (Fsp3) is 0.340. The zero-order valence-electron chi connectivity index (χ0n) is 39.6. The smallest absolute Gasteiger partial charge is 0.325 e. The van der Waals surface area contributed by atoms with Crippen molar-refractivity contribution in [1.82, 2.24) is 4.58 Å². The minimum atomic E-state index is -1.29. The third kappa shape index (κ3) is 10.7. The second-order valence-electron chi connectivity index (χ2n) is 16.9. The number of rotatable bonds is 20. The van der Waals surface area contributed by atoms with Crippen LogP contribution in [-0.4, -0.2) is 111 Å². The maximum absolute atomic E-state index is 13.2. The van der Waals surface area contributed by atoms with Crippen LogP contribution < -0.4 is 44.5 Å². The summed E-state index contributed by atoms with van der Waals surface area (Å²) < 4.78 is 36.1. The Labute approximate surface area is 400 Å². The number of para-hydroxylation sites is 2. The normalized spacial score (nSPS) is 13.0. The zero-order valence-corrected chi connectivity index (χ0v) is 39.6. The number of aryl methyl sites for hydroxylation is 1. The van der Waals surface area contributed by atoms with E-state index in [1.807, 2.05) is 55.1 Å². The molecule has 0 aromatic heterocycles. The standard InChI is InChI=1S/C53H57N5O11/c1-6-55(31-48(59)64-3)43-18-13-36(27-47(43)68-24-23-67-44-12-8-7-11-42(44)58(32-49(60)65-4)33-50(61)66-5)54-30-35-25-34(2)51(41(26-35)53(62)63)52-39-16-14-37(56-19-9-20-56)28-45(39)69-46-29-38(15-17-40(46)52)57-21-10-22-57/h7-8,11-18,25-29,54H,6,9-10,19-24,30-33H2,1-5H3. The highest BCUT2D eigenvalue weighted by atomic mass is 16.5. The Morgan fingerprint density at radius 1 is 0.739 bits per heavy atom. The minimum absolute atomic E-state index is 0.0207. The zero-order chi connectivity index (χ0) is 48.6. The van der Waals surface area contributed by atoms with Crippen LogP contribution in [0.15, 0.2) is 95.4 Å². The number of fused-ring (bicyclic) bond motifs is 2. The van der Waals surface area contributed by atoms with E-state index in [1.165, 1.54) is 26.2 Å². The highest BCUT2D eigenvalue weighted by Gasteiger charge is 2.26. The van der Waals surface area contributed by atoms with Crippen LogP contribution in [0, 0.1) is 6.92 Å². The molecular formula is C53H57N5O11. The van der Waals surface area contributed by atoms with Gasteiger partial charge in [0.2, 0.25) is 5.36 Å². The predicted octanol–water partition coefficient (Wildman–Crippen LogP) is 5.48. The number of ether oxygens (including phenoxy) is 5. The molecule has 0 unspecified atom stereocenters. The second-order valence-corrected chi connectivity index (χ2v) is 16.9. The molecule has 0 atom stereocenters. The fourth-order valence-corrected chi connectivity index (χ4v) is 8.74. The first-order chi connectivity index (χ1) is 33.5. The molecule has 1 N–H and O–H groups in total. The molecule has 69 heavy (non-hydrogen) atoms. The van der Waals surface area contributed by atoms with Gasteiger partial charge in [-0.2, -0.15) is 0 Å². The first-order valence-corrected chi connectivity index (χ1v) is 23.1. The quantitative estimate of drug-likeness (QED) is 0.0335. The van der Waals surface area contributed by atoms with Gasteiger partial charge in [-0.3, -0.25) is 14.4 Å². The molecule has 1 aliphatic carbocycles. The number of esters is 3.